The molecule has 1 rings (SSSR count). The van der Waals surface area contributed by atoms with Crippen LogP contribution in [0.5, 0.6) is 0 Å². The molecule has 3 nitrogen and oxygen atoms in total. The molecule has 1 aliphatic rings. The number of hydrogen-bond donors (Lipinski definition) is 1. The van der Waals surface area contributed by atoms with Gasteiger partial charge in [-0.05, 0) is 45.4 Å². The molecule has 0 spiro atoms. The quantitative estimate of drug-likeness (QED) is 0.735. The van der Waals surface area contributed by atoms with Crippen LogP contribution in [-0.4, -0.2) is 62.3 Å². The van der Waals surface area contributed by atoms with Gasteiger partial charge in [0.05, 0.1) is 13.2 Å². The molecule has 0 aromatic heterocycles. The van der Waals surface area contributed by atoms with E-state index < -0.39 is 0 Å². The lowest BCUT2D eigenvalue weighted by molar-refractivity contribution is 0.0694. The smallest absolute Gasteiger partial charge is 0.0620 e. The maximum Gasteiger partial charge on any atom is 0.0620 e. The van der Waals surface area contributed by atoms with Crippen molar-refractivity contribution in [3.8, 4) is 0 Å². The molecule has 1 aliphatic heterocycles. The van der Waals surface area contributed by atoms with Crippen molar-refractivity contribution >= 4 is 11.8 Å². The summed E-state index contributed by atoms with van der Waals surface area (Å²) in [6.45, 7) is 6.25. The van der Waals surface area contributed by atoms with Crippen molar-refractivity contribution < 1.29 is 4.74 Å². The van der Waals surface area contributed by atoms with Gasteiger partial charge < -0.3 is 15.0 Å². The summed E-state index contributed by atoms with van der Waals surface area (Å²) in [6.07, 6.45) is 4.66. The molecular weight excluding hydrogens is 220 g/mol. The molecule has 96 valence electrons. The molecule has 0 aliphatic carbocycles. The molecule has 16 heavy (non-hydrogen) atoms. The van der Waals surface area contributed by atoms with Crippen LogP contribution in [0, 0.1) is 0 Å². The molecule has 2 unspecified atom stereocenters. The van der Waals surface area contributed by atoms with E-state index in [2.05, 4.69) is 30.4 Å². The van der Waals surface area contributed by atoms with Gasteiger partial charge in [0.1, 0.15) is 0 Å². The monoisotopic (exact) mass is 246 g/mol. The Morgan fingerprint density at radius 2 is 2.38 bits per heavy atom. The maximum absolute atomic E-state index is 5.46. The number of ether oxygens (including phenoxy) is 1. The van der Waals surface area contributed by atoms with E-state index in [0.717, 1.165) is 26.3 Å². The molecule has 0 saturated carbocycles. The summed E-state index contributed by atoms with van der Waals surface area (Å²) >= 11 is 1.93. The highest BCUT2D eigenvalue weighted by atomic mass is 32.2. The average Bonchev–Trinajstić information content (AvgIpc) is 2.34. The summed E-state index contributed by atoms with van der Waals surface area (Å²) in [6, 6.07) is 1.25. The molecule has 0 radical (unpaired) electrons. The molecule has 0 amide bonds. The van der Waals surface area contributed by atoms with Gasteiger partial charge in [-0.25, -0.2) is 0 Å². The first kappa shape index (κ1) is 14.3. The fourth-order valence-corrected chi connectivity index (χ4v) is 2.47. The van der Waals surface area contributed by atoms with Crippen molar-refractivity contribution in [3.63, 3.8) is 0 Å². The lowest BCUT2D eigenvalue weighted by atomic mass is 10.1. The van der Waals surface area contributed by atoms with Gasteiger partial charge in [-0.1, -0.05) is 0 Å². The van der Waals surface area contributed by atoms with Crippen LogP contribution in [0.3, 0.4) is 0 Å². The van der Waals surface area contributed by atoms with Crippen molar-refractivity contribution in [2.24, 2.45) is 0 Å². The van der Waals surface area contributed by atoms with E-state index in [9.17, 15) is 0 Å². The minimum absolute atomic E-state index is 0.559. The Bertz CT molecular complexity index is 174. The summed E-state index contributed by atoms with van der Waals surface area (Å²) < 4.78 is 5.46. The Kier molecular flexibility index (Phi) is 7.45. The van der Waals surface area contributed by atoms with Crippen LogP contribution < -0.4 is 5.32 Å². The van der Waals surface area contributed by atoms with Gasteiger partial charge >= 0.3 is 0 Å². The van der Waals surface area contributed by atoms with E-state index in [-0.39, 0.29) is 0 Å². The van der Waals surface area contributed by atoms with Crippen molar-refractivity contribution in [1.82, 2.24) is 10.2 Å². The van der Waals surface area contributed by atoms with Crippen LogP contribution in [0.1, 0.15) is 19.8 Å². The van der Waals surface area contributed by atoms with Crippen LogP contribution in [0.4, 0.5) is 0 Å². The first-order valence-electron chi connectivity index (χ1n) is 6.24. The van der Waals surface area contributed by atoms with Crippen molar-refractivity contribution in [3.05, 3.63) is 0 Å². The fourth-order valence-electron chi connectivity index (χ4n) is 1.89. The fraction of sp³-hybridized carbons (Fsp3) is 1.00. The Morgan fingerprint density at radius 1 is 1.56 bits per heavy atom. The molecule has 0 aromatic rings. The van der Waals surface area contributed by atoms with E-state index in [4.69, 9.17) is 4.74 Å². The number of rotatable bonds is 7. The first-order valence-corrected chi connectivity index (χ1v) is 7.63. The highest BCUT2D eigenvalue weighted by Gasteiger charge is 2.15. The van der Waals surface area contributed by atoms with Gasteiger partial charge in [0.2, 0.25) is 0 Å². The SMILES string of the molecule is CSCCC(C)N(C)CCC1COCCN1. The number of hydrogen-bond acceptors (Lipinski definition) is 4. The lowest BCUT2D eigenvalue weighted by Crippen LogP contribution is -2.43. The van der Waals surface area contributed by atoms with E-state index in [1.807, 2.05) is 11.8 Å². The molecule has 4 heteroatoms. The number of nitrogens with one attached hydrogen (secondary N) is 1. The summed E-state index contributed by atoms with van der Waals surface area (Å²) in [5.41, 5.74) is 0. The van der Waals surface area contributed by atoms with Gasteiger partial charge in [-0.3, -0.25) is 0 Å². The Hall–Kier alpha value is 0.230. The van der Waals surface area contributed by atoms with E-state index in [1.54, 1.807) is 0 Å². The first-order chi connectivity index (χ1) is 7.74. The summed E-state index contributed by atoms with van der Waals surface area (Å²) in [5, 5.41) is 3.50. The van der Waals surface area contributed by atoms with Crippen LogP contribution in [-0.2, 0) is 4.74 Å². The molecule has 0 aromatic carbocycles. The van der Waals surface area contributed by atoms with Crippen molar-refractivity contribution in [1.29, 1.82) is 0 Å². The van der Waals surface area contributed by atoms with Gasteiger partial charge in [-0.2, -0.15) is 11.8 Å². The molecule has 1 N–H and O–H groups in total. The Labute approximate surface area is 104 Å². The third-order valence-corrected chi connectivity index (χ3v) is 3.96. The minimum atomic E-state index is 0.559. The second-order valence-corrected chi connectivity index (χ2v) is 5.61. The van der Waals surface area contributed by atoms with Crippen molar-refractivity contribution in [2.75, 3.05) is 45.4 Å². The van der Waals surface area contributed by atoms with Gasteiger partial charge in [0.15, 0.2) is 0 Å². The number of nitrogens with zero attached hydrogens (tertiary/aromatic N) is 1. The second kappa shape index (κ2) is 8.34. The van der Waals surface area contributed by atoms with Crippen molar-refractivity contribution in [2.45, 2.75) is 31.8 Å². The maximum atomic E-state index is 5.46. The predicted octanol–water partition coefficient (Wildman–Crippen LogP) is 1.44. The topological polar surface area (TPSA) is 24.5 Å². The van der Waals surface area contributed by atoms with E-state index in [1.165, 1.54) is 18.6 Å². The summed E-state index contributed by atoms with van der Waals surface area (Å²) in [5.74, 6) is 1.26. The van der Waals surface area contributed by atoms with Crippen LogP contribution in [0.2, 0.25) is 0 Å². The average molecular weight is 246 g/mol. The second-order valence-electron chi connectivity index (χ2n) is 4.63. The highest BCUT2D eigenvalue weighted by Crippen LogP contribution is 2.08. The zero-order valence-corrected chi connectivity index (χ0v) is 11.7. The third kappa shape index (κ3) is 5.53. The number of thioether (sulfide) groups is 1. The zero-order chi connectivity index (χ0) is 11.8. The standard InChI is InChI=1S/C12H26N2OS/c1-11(5-9-16-3)14(2)7-4-12-10-15-8-6-13-12/h11-13H,4-10H2,1-3H3. The van der Waals surface area contributed by atoms with Gasteiger partial charge in [0.25, 0.3) is 0 Å². The molecule has 0 bridgehead atoms. The molecule has 1 fully saturated rings. The molecule has 1 heterocycles. The Balaban J connectivity index is 2.10. The van der Waals surface area contributed by atoms with E-state index >= 15 is 0 Å². The lowest BCUT2D eigenvalue weighted by Gasteiger charge is -2.29. The van der Waals surface area contributed by atoms with E-state index in [0.29, 0.717) is 12.1 Å². The number of morpholine rings is 1. The van der Waals surface area contributed by atoms with Crippen LogP contribution in [0.25, 0.3) is 0 Å². The zero-order valence-electron chi connectivity index (χ0n) is 10.9. The third-order valence-electron chi connectivity index (χ3n) is 3.32. The summed E-state index contributed by atoms with van der Waals surface area (Å²) in [4.78, 5) is 2.46. The molecular formula is C12H26N2OS. The van der Waals surface area contributed by atoms with Gasteiger partial charge in [0, 0.05) is 18.6 Å². The highest BCUT2D eigenvalue weighted by molar-refractivity contribution is 7.98. The minimum Gasteiger partial charge on any atom is -0.379 e. The molecule has 2 atom stereocenters. The normalized spacial score (nSPS) is 23.6. The molecule has 1 saturated heterocycles. The summed E-state index contributed by atoms with van der Waals surface area (Å²) in [7, 11) is 2.23. The van der Waals surface area contributed by atoms with Crippen LogP contribution >= 0.6 is 11.8 Å². The Morgan fingerprint density at radius 3 is 3.00 bits per heavy atom. The predicted molar refractivity (Wildman–Crippen MR) is 72.3 cm³/mol. The van der Waals surface area contributed by atoms with Gasteiger partial charge in [-0.15, -0.1) is 0 Å². The largest absolute Gasteiger partial charge is 0.379 e. The van der Waals surface area contributed by atoms with Crippen LogP contribution in [0.15, 0.2) is 0 Å².